The third-order valence-electron chi connectivity index (χ3n) is 3.84. The molecule has 8 heteroatoms. The first-order valence-electron chi connectivity index (χ1n) is 8.46. The molecule has 2 aromatic carbocycles. The van der Waals surface area contributed by atoms with Gasteiger partial charge in [0.25, 0.3) is 0 Å². The van der Waals surface area contributed by atoms with Crippen LogP contribution in [0.1, 0.15) is 5.56 Å². The number of methoxy groups -OCH3 is 2. The molecule has 0 aliphatic rings. The van der Waals surface area contributed by atoms with Crippen molar-refractivity contribution in [2.24, 2.45) is 0 Å². The number of nitrogens with one attached hydrogen (secondary N) is 1. The molecule has 0 aliphatic heterocycles. The zero-order valence-electron chi connectivity index (χ0n) is 16.1. The third kappa shape index (κ3) is 6.13. The van der Waals surface area contributed by atoms with Crippen LogP contribution in [0.25, 0.3) is 0 Å². The van der Waals surface area contributed by atoms with E-state index in [4.69, 9.17) is 13.7 Å². The molecule has 2 rings (SSSR count). The van der Waals surface area contributed by atoms with Gasteiger partial charge < -0.3 is 23.9 Å². The predicted molar refractivity (Wildman–Crippen MR) is 104 cm³/mol. The molecule has 0 aromatic heterocycles. The molecule has 7 nitrogen and oxygen atoms in total. The van der Waals surface area contributed by atoms with Crippen LogP contribution in [0.15, 0.2) is 47.4 Å². The fourth-order valence-electron chi connectivity index (χ4n) is 2.34. The minimum atomic E-state index is -3.99. The molecule has 0 fully saturated rings. The maximum Gasteiger partial charge on any atom is 0.339 e. The molecule has 0 aliphatic carbocycles. The van der Waals surface area contributed by atoms with Gasteiger partial charge in [0.15, 0.2) is 11.5 Å². The van der Waals surface area contributed by atoms with Crippen molar-refractivity contribution < 1.29 is 22.1 Å². The summed E-state index contributed by atoms with van der Waals surface area (Å²) in [6.45, 7) is 2.32. The highest BCUT2D eigenvalue weighted by Gasteiger charge is 2.19. The molecule has 0 amide bonds. The summed E-state index contributed by atoms with van der Waals surface area (Å²) >= 11 is 0. The maximum absolute atomic E-state index is 12.6. The van der Waals surface area contributed by atoms with Crippen molar-refractivity contribution in [3.8, 4) is 17.2 Å². The standard InChI is InChI=1S/C19H26N2O5S/c1-21(2)12-11-20-14-15-5-10-18(25-4)19(13-15)26-27(22,23)17-8-6-16(24-3)7-9-17/h5-10,13,20H,11-12,14H2,1-4H3. The van der Waals surface area contributed by atoms with E-state index in [0.717, 1.165) is 18.7 Å². The minimum absolute atomic E-state index is 0.0415. The van der Waals surface area contributed by atoms with Crippen molar-refractivity contribution in [2.75, 3.05) is 41.4 Å². The number of hydrogen-bond acceptors (Lipinski definition) is 7. The molecule has 2 aromatic rings. The topological polar surface area (TPSA) is 77.1 Å². The first-order chi connectivity index (χ1) is 12.9. The second-order valence-corrected chi connectivity index (χ2v) is 7.72. The van der Waals surface area contributed by atoms with E-state index in [1.807, 2.05) is 20.2 Å². The minimum Gasteiger partial charge on any atom is -0.497 e. The highest BCUT2D eigenvalue weighted by atomic mass is 32.2. The van der Waals surface area contributed by atoms with Crippen LogP contribution in [0.3, 0.4) is 0 Å². The summed E-state index contributed by atoms with van der Waals surface area (Å²) in [5.74, 6) is 1.07. The summed E-state index contributed by atoms with van der Waals surface area (Å²) < 4.78 is 40.8. The van der Waals surface area contributed by atoms with Crippen molar-refractivity contribution in [2.45, 2.75) is 11.4 Å². The second-order valence-electron chi connectivity index (χ2n) is 6.18. The van der Waals surface area contributed by atoms with Crippen LogP contribution < -0.4 is 19.0 Å². The van der Waals surface area contributed by atoms with E-state index in [-0.39, 0.29) is 10.6 Å². The number of rotatable bonds is 10. The van der Waals surface area contributed by atoms with Gasteiger partial charge in [0, 0.05) is 19.6 Å². The van der Waals surface area contributed by atoms with Gasteiger partial charge in [0.05, 0.1) is 14.2 Å². The molecule has 148 valence electrons. The Morgan fingerprint density at radius 3 is 2.26 bits per heavy atom. The Hall–Kier alpha value is -2.29. The van der Waals surface area contributed by atoms with E-state index in [1.54, 1.807) is 24.3 Å². The zero-order chi connectivity index (χ0) is 19.9. The van der Waals surface area contributed by atoms with Crippen molar-refractivity contribution in [3.05, 3.63) is 48.0 Å². The van der Waals surface area contributed by atoms with Gasteiger partial charge in [0.1, 0.15) is 10.6 Å². The van der Waals surface area contributed by atoms with E-state index in [2.05, 4.69) is 10.2 Å². The molecule has 0 bridgehead atoms. The normalized spacial score (nSPS) is 11.4. The van der Waals surface area contributed by atoms with E-state index in [1.165, 1.54) is 26.4 Å². The molecule has 0 spiro atoms. The zero-order valence-corrected chi connectivity index (χ0v) is 16.9. The second kappa shape index (κ2) is 9.59. The predicted octanol–water partition coefficient (Wildman–Crippen LogP) is 2.12. The quantitative estimate of drug-likeness (QED) is 0.489. The average molecular weight is 394 g/mol. The maximum atomic E-state index is 12.6. The van der Waals surface area contributed by atoms with Crippen LogP contribution in [-0.4, -0.2) is 54.7 Å². The van der Waals surface area contributed by atoms with Gasteiger partial charge in [0.2, 0.25) is 0 Å². The molecule has 27 heavy (non-hydrogen) atoms. The monoisotopic (exact) mass is 394 g/mol. The summed E-state index contributed by atoms with van der Waals surface area (Å²) in [7, 11) is 3.01. The summed E-state index contributed by atoms with van der Waals surface area (Å²) in [6.07, 6.45) is 0. The van der Waals surface area contributed by atoms with Crippen LogP contribution in [0.5, 0.6) is 17.2 Å². The SMILES string of the molecule is COc1ccc(S(=O)(=O)Oc2cc(CNCCN(C)C)ccc2OC)cc1. The van der Waals surface area contributed by atoms with Gasteiger partial charge in [-0.3, -0.25) is 0 Å². The third-order valence-corrected chi connectivity index (χ3v) is 5.09. The Morgan fingerprint density at radius 1 is 0.963 bits per heavy atom. The Labute approximate surface area is 161 Å². The van der Waals surface area contributed by atoms with Crippen LogP contribution in [0.2, 0.25) is 0 Å². The lowest BCUT2D eigenvalue weighted by atomic mass is 10.2. The van der Waals surface area contributed by atoms with Crippen LogP contribution >= 0.6 is 0 Å². The Balaban J connectivity index is 2.16. The van der Waals surface area contributed by atoms with E-state index in [9.17, 15) is 8.42 Å². The van der Waals surface area contributed by atoms with Crippen molar-refractivity contribution in [3.63, 3.8) is 0 Å². The lowest BCUT2D eigenvalue weighted by molar-refractivity contribution is 0.389. The van der Waals surface area contributed by atoms with Crippen LogP contribution in [0.4, 0.5) is 0 Å². The van der Waals surface area contributed by atoms with E-state index >= 15 is 0 Å². The molecule has 1 N–H and O–H groups in total. The van der Waals surface area contributed by atoms with E-state index < -0.39 is 10.1 Å². The number of benzene rings is 2. The fourth-order valence-corrected chi connectivity index (χ4v) is 3.27. The number of likely N-dealkylation sites (N-methyl/N-ethyl adjacent to an activating group) is 1. The van der Waals surface area contributed by atoms with Gasteiger partial charge in [-0.1, -0.05) is 6.07 Å². The van der Waals surface area contributed by atoms with Gasteiger partial charge in [-0.25, -0.2) is 0 Å². The molecular weight excluding hydrogens is 368 g/mol. The molecule has 0 unspecified atom stereocenters. The molecule has 0 heterocycles. The highest BCUT2D eigenvalue weighted by molar-refractivity contribution is 7.87. The summed E-state index contributed by atoms with van der Waals surface area (Å²) in [5, 5.41) is 3.30. The van der Waals surface area contributed by atoms with Crippen molar-refractivity contribution >= 4 is 10.1 Å². The van der Waals surface area contributed by atoms with Gasteiger partial charge >= 0.3 is 10.1 Å². The molecule has 0 saturated heterocycles. The lowest BCUT2D eigenvalue weighted by Crippen LogP contribution is -2.26. The summed E-state index contributed by atoms with van der Waals surface area (Å²) in [6, 6.07) is 11.2. The largest absolute Gasteiger partial charge is 0.497 e. The van der Waals surface area contributed by atoms with Gasteiger partial charge in [-0.15, -0.1) is 0 Å². The Morgan fingerprint density at radius 2 is 1.67 bits per heavy atom. The van der Waals surface area contributed by atoms with Crippen LogP contribution in [0, 0.1) is 0 Å². The molecular formula is C19H26N2O5S. The first-order valence-corrected chi connectivity index (χ1v) is 9.87. The van der Waals surface area contributed by atoms with Gasteiger partial charge in [-0.2, -0.15) is 8.42 Å². The number of hydrogen-bond donors (Lipinski definition) is 1. The Bertz CT molecular complexity index is 836. The number of ether oxygens (including phenoxy) is 2. The van der Waals surface area contributed by atoms with Crippen molar-refractivity contribution in [1.29, 1.82) is 0 Å². The smallest absolute Gasteiger partial charge is 0.339 e. The van der Waals surface area contributed by atoms with Crippen molar-refractivity contribution in [1.82, 2.24) is 10.2 Å². The molecule has 0 saturated carbocycles. The summed E-state index contributed by atoms with van der Waals surface area (Å²) in [4.78, 5) is 2.12. The molecule has 0 atom stereocenters. The summed E-state index contributed by atoms with van der Waals surface area (Å²) in [5.41, 5.74) is 0.898. The van der Waals surface area contributed by atoms with Gasteiger partial charge in [-0.05, 0) is 56.1 Å². The fraction of sp³-hybridized carbons (Fsp3) is 0.368. The average Bonchev–Trinajstić information content (AvgIpc) is 2.65. The number of nitrogens with zero attached hydrogens (tertiary/aromatic N) is 1. The van der Waals surface area contributed by atoms with E-state index in [0.29, 0.717) is 18.0 Å². The lowest BCUT2D eigenvalue weighted by Gasteiger charge is -2.14. The van der Waals surface area contributed by atoms with Crippen LogP contribution in [-0.2, 0) is 16.7 Å². The first kappa shape index (κ1) is 21.0. The Kier molecular flexibility index (Phi) is 7.46. The highest BCUT2D eigenvalue weighted by Crippen LogP contribution is 2.31. The molecule has 0 radical (unpaired) electrons.